The van der Waals surface area contributed by atoms with Crippen LogP contribution in [0.5, 0.6) is 0 Å². The van der Waals surface area contributed by atoms with Crippen molar-refractivity contribution < 1.29 is 9.84 Å². The molecule has 0 heterocycles. The van der Waals surface area contributed by atoms with E-state index in [-0.39, 0.29) is 18.1 Å². The van der Waals surface area contributed by atoms with E-state index in [2.05, 4.69) is 60.6 Å². The SMILES string of the molecule is CCCCC=C(C)CCCC(C)CCCC(C)CCC1=CC(O)C(C)C(C)C1OCCCCCCCC. The molecule has 0 aromatic heterocycles. The summed E-state index contributed by atoms with van der Waals surface area (Å²) in [4.78, 5) is 0. The monoisotopic (exact) mass is 519 g/mol. The Morgan fingerprint density at radius 2 is 1.46 bits per heavy atom. The van der Waals surface area contributed by atoms with Gasteiger partial charge in [-0.2, -0.15) is 0 Å². The van der Waals surface area contributed by atoms with Crippen molar-refractivity contribution in [3.63, 3.8) is 0 Å². The predicted molar refractivity (Wildman–Crippen MR) is 164 cm³/mol. The number of ether oxygens (including phenoxy) is 1. The third-order valence-electron chi connectivity index (χ3n) is 9.03. The van der Waals surface area contributed by atoms with Crippen molar-refractivity contribution in [2.24, 2.45) is 23.7 Å². The van der Waals surface area contributed by atoms with Gasteiger partial charge in [-0.15, -0.1) is 0 Å². The molecule has 1 rings (SSSR count). The standard InChI is InChI=1S/C35H66O2/c1-8-10-12-13-14-16-26-37-35-32(7)31(6)34(36)27-33(35)25-24-30(5)23-18-22-29(4)21-17-20-28(3)19-15-11-9-2/h19,27,29-32,34-36H,8-18,20-26H2,1-7H3. The lowest BCUT2D eigenvalue weighted by atomic mass is 9.76. The number of unbranched alkanes of at least 4 members (excludes halogenated alkanes) is 7. The molecule has 0 aliphatic heterocycles. The fraction of sp³-hybridized carbons (Fsp3) is 0.886. The zero-order valence-electron chi connectivity index (χ0n) is 26.2. The molecule has 6 unspecified atom stereocenters. The molecule has 2 nitrogen and oxygen atoms in total. The van der Waals surface area contributed by atoms with E-state index in [0.29, 0.717) is 5.92 Å². The third-order valence-corrected chi connectivity index (χ3v) is 9.03. The number of hydrogen-bond acceptors (Lipinski definition) is 2. The highest BCUT2D eigenvalue weighted by molar-refractivity contribution is 5.18. The first kappa shape index (κ1) is 34.4. The average molecular weight is 519 g/mol. The van der Waals surface area contributed by atoms with Gasteiger partial charge in [0.2, 0.25) is 0 Å². The Morgan fingerprint density at radius 3 is 2.16 bits per heavy atom. The second-order valence-corrected chi connectivity index (χ2v) is 12.8. The molecule has 6 atom stereocenters. The maximum Gasteiger partial charge on any atom is 0.0815 e. The molecule has 0 fully saturated rings. The topological polar surface area (TPSA) is 29.5 Å². The summed E-state index contributed by atoms with van der Waals surface area (Å²) in [6, 6.07) is 0. The number of rotatable bonds is 22. The molecule has 218 valence electrons. The molecule has 37 heavy (non-hydrogen) atoms. The normalized spacial score (nSPS) is 24.2. The van der Waals surface area contributed by atoms with E-state index in [1.54, 1.807) is 5.57 Å². The van der Waals surface area contributed by atoms with Gasteiger partial charge in [-0.25, -0.2) is 0 Å². The van der Waals surface area contributed by atoms with E-state index in [1.807, 2.05) is 0 Å². The van der Waals surface area contributed by atoms with Gasteiger partial charge < -0.3 is 9.84 Å². The van der Waals surface area contributed by atoms with Crippen molar-refractivity contribution in [1.82, 2.24) is 0 Å². The number of aliphatic hydroxyl groups is 1. The lowest BCUT2D eigenvalue weighted by Gasteiger charge is -2.38. The van der Waals surface area contributed by atoms with Crippen LogP contribution in [0.4, 0.5) is 0 Å². The smallest absolute Gasteiger partial charge is 0.0815 e. The first-order valence-corrected chi connectivity index (χ1v) is 16.5. The molecule has 0 bridgehead atoms. The third kappa shape index (κ3) is 15.5. The van der Waals surface area contributed by atoms with E-state index in [4.69, 9.17) is 4.74 Å². The molecule has 0 spiro atoms. The van der Waals surface area contributed by atoms with Crippen molar-refractivity contribution in [3.05, 3.63) is 23.3 Å². The van der Waals surface area contributed by atoms with Crippen LogP contribution in [-0.2, 0) is 4.74 Å². The fourth-order valence-corrected chi connectivity index (χ4v) is 5.87. The van der Waals surface area contributed by atoms with Crippen LogP contribution in [-0.4, -0.2) is 23.9 Å². The summed E-state index contributed by atoms with van der Waals surface area (Å²) in [6.45, 7) is 17.0. The second-order valence-electron chi connectivity index (χ2n) is 12.8. The van der Waals surface area contributed by atoms with Gasteiger partial charge in [0.25, 0.3) is 0 Å². The van der Waals surface area contributed by atoms with Crippen LogP contribution in [0.25, 0.3) is 0 Å². The molecular formula is C35H66O2. The maximum atomic E-state index is 10.6. The summed E-state index contributed by atoms with van der Waals surface area (Å²) >= 11 is 0. The first-order chi connectivity index (χ1) is 17.8. The molecule has 1 N–H and O–H groups in total. The molecule has 1 aliphatic carbocycles. The van der Waals surface area contributed by atoms with Gasteiger partial charge >= 0.3 is 0 Å². The van der Waals surface area contributed by atoms with Crippen LogP contribution in [0.1, 0.15) is 158 Å². The first-order valence-electron chi connectivity index (χ1n) is 16.5. The average Bonchev–Trinajstić information content (AvgIpc) is 2.87. The predicted octanol–water partition coefficient (Wildman–Crippen LogP) is 10.8. The van der Waals surface area contributed by atoms with Gasteiger partial charge in [0.15, 0.2) is 0 Å². The van der Waals surface area contributed by atoms with Crippen molar-refractivity contribution in [2.45, 2.75) is 170 Å². The fourth-order valence-electron chi connectivity index (χ4n) is 5.87. The van der Waals surface area contributed by atoms with Crippen LogP contribution in [0.2, 0.25) is 0 Å². The van der Waals surface area contributed by atoms with Crippen molar-refractivity contribution in [3.8, 4) is 0 Å². The van der Waals surface area contributed by atoms with Gasteiger partial charge in [0.05, 0.1) is 12.2 Å². The van der Waals surface area contributed by atoms with Gasteiger partial charge in [0, 0.05) is 6.61 Å². The van der Waals surface area contributed by atoms with Crippen LogP contribution in [0.15, 0.2) is 23.3 Å². The van der Waals surface area contributed by atoms with Crippen molar-refractivity contribution >= 4 is 0 Å². The highest BCUT2D eigenvalue weighted by Gasteiger charge is 2.34. The van der Waals surface area contributed by atoms with Crippen LogP contribution < -0.4 is 0 Å². The Kier molecular flexibility index (Phi) is 19.8. The Balaban J connectivity index is 2.33. The zero-order valence-corrected chi connectivity index (χ0v) is 26.2. The van der Waals surface area contributed by atoms with Crippen molar-refractivity contribution in [1.29, 1.82) is 0 Å². The van der Waals surface area contributed by atoms with Gasteiger partial charge in [-0.05, 0) is 74.7 Å². The second kappa shape index (κ2) is 21.2. The lowest BCUT2D eigenvalue weighted by Crippen LogP contribution is -2.39. The van der Waals surface area contributed by atoms with Gasteiger partial charge in [0.1, 0.15) is 0 Å². The summed E-state index contributed by atoms with van der Waals surface area (Å²) in [5.74, 6) is 2.24. The van der Waals surface area contributed by atoms with E-state index in [0.717, 1.165) is 24.9 Å². The zero-order chi connectivity index (χ0) is 27.5. The highest BCUT2D eigenvalue weighted by atomic mass is 16.5. The van der Waals surface area contributed by atoms with Crippen molar-refractivity contribution in [2.75, 3.05) is 6.61 Å². The van der Waals surface area contributed by atoms with E-state index >= 15 is 0 Å². The quantitative estimate of drug-likeness (QED) is 0.114. The van der Waals surface area contributed by atoms with Crippen LogP contribution in [0, 0.1) is 23.7 Å². The van der Waals surface area contributed by atoms with Gasteiger partial charge in [-0.3, -0.25) is 0 Å². The van der Waals surface area contributed by atoms with E-state index < -0.39 is 0 Å². The minimum atomic E-state index is -0.319. The molecule has 0 radical (unpaired) electrons. The Hall–Kier alpha value is -0.600. The molecule has 0 saturated heterocycles. The molecule has 0 amide bonds. The summed E-state index contributed by atoms with van der Waals surface area (Å²) in [7, 11) is 0. The Labute approximate surface area is 233 Å². The summed E-state index contributed by atoms with van der Waals surface area (Å²) in [5.41, 5.74) is 2.96. The number of allylic oxidation sites excluding steroid dienone is 2. The summed E-state index contributed by atoms with van der Waals surface area (Å²) in [5, 5.41) is 10.6. The minimum Gasteiger partial charge on any atom is -0.389 e. The maximum absolute atomic E-state index is 10.6. The molecule has 0 saturated carbocycles. The molecule has 2 heteroatoms. The molecule has 1 aliphatic rings. The lowest BCUT2D eigenvalue weighted by molar-refractivity contribution is -0.0127. The molecule has 0 aromatic carbocycles. The highest BCUT2D eigenvalue weighted by Crippen LogP contribution is 2.35. The Bertz CT molecular complexity index is 606. The van der Waals surface area contributed by atoms with E-state index in [1.165, 1.54) is 108 Å². The summed E-state index contributed by atoms with van der Waals surface area (Å²) in [6.07, 6.45) is 26.5. The molecular weight excluding hydrogens is 452 g/mol. The van der Waals surface area contributed by atoms with Crippen LogP contribution in [0.3, 0.4) is 0 Å². The number of aliphatic hydroxyl groups excluding tert-OH is 1. The van der Waals surface area contributed by atoms with Gasteiger partial charge in [-0.1, -0.05) is 130 Å². The molecule has 0 aromatic rings. The Morgan fingerprint density at radius 1 is 0.838 bits per heavy atom. The minimum absolute atomic E-state index is 0.195. The summed E-state index contributed by atoms with van der Waals surface area (Å²) < 4.78 is 6.48. The van der Waals surface area contributed by atoms with E-state index in [9.17, 15) is 5.11 Å². The van der Waals surface area contributed by atoms with Crippen LogP contribution >= 0.6 is 0 Å². The largest absolute Gasteiger partial charge is 0.389 e. The number of hydrogen-bond donors (Lipinski definition) is 1.